The number of carbonyl (C=O) groups excluding carboxylic acids is 1. The predicted octanol–water partition coefficient (Wildman–Crippen LogP) is 3.13. The van der Waals surface area contributed by atoms with E-state index in [-0.39, 0.29) is 11.8 Å². The van der Waals surface area contributed by atoms with Crippen LogP contribution >= 0.6 is 0 Å². The molecule has 1 amide bonds. The van der Waals surface area contributed by atoms with Crippen molar-refractivity contribution in [2.75, 3.05) is 39.3 Å². The van der Waals surface area contributed by atoms with Crippen LogP contribution in [0.4, 0.5) is 5.95 Å². The normalized spacial score (nSPS) is 16.1. The summed E-state index contributed by atoms with van der Waals surface area (Å²) in [7, 11) is 6.76. The second kappa shape index (κ2) is 9.38. The minimum Gasteiger partial charge on any atom is -0.493 e. The van der Waals surface area contributed by atoms with Gasteiger partial charge in [0.05, 0.1) is 38.3 Å². The number of nitrogens with zero attached hydrogens (tertiary/aromatic N) is 3. The summed E-state index contributed by atoms with van der Waals surface area (Å²) >= 11 is 0. The summed E-state index contributed by atoms with van der Waals surface area (Å²) in [4.78, 5) is 20.0. The number of ether oxygens (including phenoxy) is 3. The van der Waals surface area contributed by atoms with E-state index < -0.39 is 0 Å². The molecular weight excluding hydrogens is 408 g/mol. The molecular formula is C24H30N4O4. The summed E-state index contributed by atoms with van der Waals surface area (Å²) in [5, 5.41) is 3.08. The number of carbonyl (C=O) groups is 1. The van der Waals surface area contributed by atoms with Crippen LogP contribution in [-0.2, 0) is 18.4 Å². The van der Waals surface area contributed by atoms with Crippen molar-refractivity contribution in [1.29, 1.82) is 0 Å². The van der Waals surface area contributed by atoms with E-state index in [1.807, 2.05) is 37.4 Å². The van der Waals surface area contributed by atoms with Gasteiger partial charge in [-0.25, -0.2) is 4.98 Å². The molecule has 2 aromatic carbocycles. The fraction of sp³-hybridized carbons (Fsp3) is 0.417. The van der Waals surface area contributed by atoms with Crippen molar-refractivity contribution in [3.8, 4) is 17.2 Å². The molecule has 170 valence electrons. The molecule has 0 unspecified atom stereocenters. The first kappa shape index (κ1) is 21.8. The second-order valence-corrected chi connectivity index (χ2v) is 8.00. The van der Waals surface area contributed by atoms with E-state index in [1.165, 1.54) is 0 Å². The third-order valence-electron chi connectivity index (χ3n) is 6.03. The molecule has 0 spiro atoms. The zero-order valence-electron chi connectivity index (χ0n) is 19.1. The predicted molar refractivity (Wildman–Crippen MR) is 124 cm³/mol. The molecule has 1 aliphatic rings. The number of para-hydroxylation sites is 2. The van der Waals surface area contributed by atoms with E-state index >= 15 is 0 Å². The lowest BCUT2D eigenvalue weighted by Gasteiger charge is -2.32. The number of aryl methyl sites for hydroxylation is 1. The number of piperidine rings is 1. The molecule has 3 aromatic rings. The molecule has 4 rings (SSSR count). The molecule has 8 heteroatoms. The average Bonchev–Trinajstić information content (AvgIpc) is 3.18. The molecule has 1 saturated heterocycles. The highest BCUT2D eigenvalue weighted by molar-refractivity contribution is 5.81. The molecule has 2 heterocycles. The molecule has 0 saturated carbocycles. The van der Waals surface area contributed by atoms with Crippen molar-refractivity contribution in [1.82, 2.24) is 14.9 Å². The average molecular weight is 439 g/mol. The third kappa shape index (κ3) is 4.17. The van der Waals surface area contributed by atoms with Crippen LogP contribution in [0.15, 0.2) is 36.4 Å². The van der Waals surface area contributed by atoms with Gasteiger partial charge in [-0.3, -0.25) is 4.79 Å². The van der Waals surface area contributed by atoms with Gasteiger partial charge < -0.3 is 29.0 Å². The molecule has 1 aliphatic heterocycles. The number of methoxy groups -OCH3 is 3. The van der Waals surface area contributed by atoms with Gasteiger partial charge in [-0.1, -0.05) is 12.1 Å². The van der Waals surface area contributed by atoms with Gasteiger partial charge in [-0.05, 0) is 42.7 Å². The molecule has 0 radical (unpaired) electrons. The van der Waals surface area contributed by atoms with E-state index in [4.69, 9.17) is 19.2 Å². The number of anilines is 1. The highest BCUT2D eigenvalue weighted by Gasteiger charge is 2.28. The van der Waals surface area contributed by atoms with Gasteiger partial charge in [0.15, 0.2) is 11.5 Å². The first-order valence-electron chi connectivity index (χ1n) is 10.8. The van der Waals surface area contributed by atoms with Gasteiger partial charge in [0, 0.05) is 26.7 Å². The Bertz CT molecular complexity index is 1090. The van der Waals surface area contributed by atoms with Crippen LogP contribution in [-0.4, -0.2) is 49.9 Å². The lowest BCUT2D eigenvalue weighted by atomic mass is 9.97. The molecule has 1 atom stereocenters. The summed E-state index contributed by atoms with van der Waals surface area (Å²) in [6.45, 7) is 1.93. The van der Waals surface area contributed by atoms with E-state index in [2.05, 4.69) is 20.9 Å². The van der Waals surface area contributed by atoms with Crippen molar-refractivity contribution >= 4 is 22.9 Å². The van der Waals surface area contributed by atoms with E-state index in [0.717, 1.165) is 41.9 Å². The largest absolute Gasteiger partial charge is 0.493 e. The maximum Gasteiger partial charge on any atom is 0.225 e. The summed E-state index contributed by atoms with van der Waals surface area (Å²) in [5.74, 6) is 2.54. The van der Waals surface area contributed by atoms with Gasteiger partial charge in [0.25, 0.3) is 0 Å². The smallest absolute Gasteiger partial charge is 0.225 e. The molecule has 1 N–H and O–H groups in total. The Kier molecular flexibility index (Phi) is 6.39. The zero-order valence-corrected chi connectivity index (χ0v) is 19.1. The number of imidazole rings is 1. The van der Waals surface area contributed by atoms with Crippen molar-refractivity contribution < 1.29 is 19.0 Å². The Morgan fingerprint density at radius 3 is 2.50 bits per heavy atom. The van der Waals surface area contributed by atoms with Crippen LogP contribution in [0.2, 0.25) is 0 Å². The number of hydrogen-bond acceptors (Lipinski definition) is 6. The first-order chi connectivity index (χ1) is 15.5. The SMILES string of the molecule is COc1cc(CNC(=O)[C@H]2CCCN(c3nc4ccccc4n3C)C2)cc(OC)c1OC. The molecule has 32 heavy (non-hydrogen) atoms. The maximum atomic E-state index is 13.0. The van der Waals surface area contributed by atoms with Gasteiger partial charge in [-0.15, -0.1) is 0 Å². The Balaban J connectivity index is 1.44. The fourth-order valence-electron chi connectivity index (χ4n) is 4.36. The number of amides is 1. The van der Waals surface area contributed by atoms with Gasteiger partial charge >= 0.3 is 0 Å². The summed E-state index contributed by atoms with van der Waals surface area (Å²) in [6.07, 6.45) is 1.81. The summed E-state index contributed by atoms with van der Waals surface area (Å²) in [5.41, 5.74) is 2.95. The molecule has 0 aliphatic carbocycles. The summed E-state index contributed by atoms with van der Waals surface area (Å²) < 4.78 is 18.3. The number of aromatic nitrogens is 2. The third-order valence-corrected chi connectivity index (χ3v) is 6.03. The number of nitrogens with one attached hydrogen (secondary N) is 1. The number of fused-ring (bicyclic) bond motifs is 1. The van der Waals surface area contributed by atoms with Gasteiger partial charge in [-0.2, -0.15) is 0 Å². The zero-order chi connectivity index (χ0) is 22.7. The Morgan fingerprint density at radius 1 is 1.12 bits per heavy atom. The van der Waals surface area contributed by atoms with Gasteiger partial charge in [0.1, 0.15) is 0 Å². The van der Waals surface area contributed by atoms with Crippen LogP contribution in [0.1, 0.15) is 18.4 Å². The number of benzene rings is 2. The van der Waals surface area contributed by atoms with Crippen LogP contribution in [0.25, 0.3) is 11.0 Å². The maximum absolute atomic E-state index is 13.0. The lowest BCUT2D eigenvalue weighted by Crippen LogP contribution is -2.43. The molecule has 8 nitrogen and oxygen atoms in total. The Hall–Kier alpha value is -3.42. The number of rotatable bonds is 7. The van der Waals surface area contributed by atoms with E-state index in [9.17, 15) is 4.79 Å². The van der Waals surface area contributed by atoms with Crippen molar-refractivity contribution in [3.05, 3.63) is 42.0 Å². The van der Waals surface area contributed by atoms with Crippen molar-refractivity contribution in [2.24, 2.45) is 13.0 Å². The van der Waals surface area contributed by atoms with Crippen molar-refractivity contribution in [3.63, 3.8) is 0 Å². The second-order valence-electron chi connectivity index (χ2n) is 8.00. The van der Waals surface area contributed by atoms with E-state index in [0.29, 0.717) is 30.3 Å². The van der Waals surface area contributed by atoms with Crippen LogP contribution in [0, 0.1) is 5.92 Å². The molecule has 1 fully saturated rings. The highest BCUT2D eigenvalue weighted by Crippen LogP contribution is 2.38. The molecule has 1 aromatic heterocycles. The Labute approximate surface area is 188 Å². The molecule has 0 bridgehead atoms. The number of hydrogen-bond donors (Lipinski definition) is 1. The van der Waals surface area contributed by atoms with E-state index in [1.54, 1.807) is 21.3 Å². The van der Waals surface area contributed by atoms with Crippen LogP contribution < -0.4 is 24.4 Å². The monoisotopic (exact) mass is 438 g/mol. The lowest BCUT2D eigenvalue weighted by molar-refractivity contribution is -0.125. The minimum absolute atomic E-state index is 0.0437. The van der Waals surface area contributed by atoms with Gasteiger partial charge in [0.2, 0.25) is 17.6 Å². The standard InChI is InChI=1S/C24H30N4O4/c1-27-19-10-6-5-9-18(19)26-24(27)28-11-7-8-17(15-28)23(29)25-14-16-12-20(30-2)22(32-4)21(13-16)31-3/h5-6,9-10,12-13,17H,7-8,11,14-15H2,1-4H3,(H,25,29)/t17-/m0/s1. The Morgan fingerprint density at radius 2 is 1.84 bits per heavy atom. The quantitative estimate of drug-likeness (QED) is 0.611. The topological polar surface area (TPSA) is 77.9 Å². The minimum atomic E-state index is -0.0920. The van der Waals surface area contributed by atoms with Crippen LogP contribution in [0.5, 0.6) is 17.2 Å². The fourth-order valence-corrected chi connectivity index (χ4v) is 4.36. The summed E-state index contributed by atoms with van der Waals surface area (Å²) in [6, 6.07) is 11.8. The first-order valence-corrected chi connectivity index (χ1v) is 10.8. The highest BCUT2D eigenvalue weighted by atomic mass is 16.5. The van der Waals surface area contributed by atoms with Crippen molar-refractivity contribution in [2.45, 2.75) is 19.4 Å². The van der Waals surface area contributed by atoms with Crippen LogP contribution in [0.3, 0.4) is 0 Å².